The van der Waals surface area contributed by atoms with Gasteiger partial charge in [0, 0.05) is 61.1 Å². The van der Waals surface area contributed by atoms with Gasteiger partial charge in [-0.05, 0) is 24.3 Å². The van der Waals surface area contributed by atoms with Crippen LogP contribution in [0, 0.1) is 0 Å². The van der Waals surface area contributed by atoms with Gasteiger partial charge >= 0.3 is 20.2 Å². The number of fused-ring (bicyclic) bond motifs is 2. The van der Waals surface area contributed by atoms with Gasteiger partial charge in [0.15, 0.2) is 0 Å². The molecule has 36 heavy (non-hydrogen) atoms. The van der Waals surface area contributed by atoms with Crippen molar-refractivity contribution in [1.29, 1.82) is 0 Å². The van der Waals surface area contributed by atoms with Gasteiger partial charge in [0.05, 0.1) is 0 Å². The number of benzene rings is 4. The van der Waals surface area contributed by atoms with Crippen LogP contribution in [-0.4, -0.2) is 45.0 Å². The first-order chi connectivity index (χ1) is 16.9. The summed E-state index contributed by atoms with van der Waals surface area (Å²) in [6.45, 7) is 0. The van der Waals surface area contributed by atoms with Gasteiger partial charge in [0.2, 0.25) is 0 Å². The molecule has 0 saturated carbocycles. The summed E-state index contributed by atoms with van der Waals surface area (Å²) in [7, 11) is -4.38. The van der Waals surface area contributed by atoms with Gasteiger partial charge in [0.1, 0.15) is 9.79 Å². The maximum Gasteiger partial charge on any atom is 0.303 e. The summed E-state index contributed by atoms with van der Waals surface area (Å²) in [5.74, 6) is 0. The topological polar surface area (TPSA) is 119 Å². The number of anilines is 2. The van der Waals surface area contributed by atoms with Crippen molar-refractivity contribution in [2.24, 2.45) is 5.50 Å². The molecule has 0 aliphatic heterocycles. The highest BCUT2D eigenvalue weighted by Gasteiger charge is 2.29. The molecule has 190 valence electrons. The Kier molecular flexibility index (Phi) is 7.25. The van der Waals surface area contributed by atoms with E-state index in [9.17, 15) is 16.8 Å². The van der Waals surface area contributed by atoms with Crippen LogP contribution in [0.4, 0.5) is 11.4 Å². The van der Waals surface area contributed by atoms with E-state index in [2.05, 4.69) is 0 Å². The fourth-order valence-corrected chi connectivity index (χ4v) is 7.93. The van der Waals surface area contributed by atoms with Crippen LogP contribution < -0.4 is 15.3 Å². The van der Waals surface area contributed by atoms with Crippen molar-refractivity contribution in [3.8, 4) is 0 Å². The Morgan fingerprint density at radius 3 is 1.28 bits per heavy atom. The molecule has 9 nitrogen and oxygen atoms in total. The number of hydrogen-bond donors (Lipinski definition) is 1. The summed E-state index contributed by atoms with van der Waals surface area (Å²) in [4.78, 5) is 3.44. The van der Waals surface area contributed by atoms with Gasteiger partial charge in [0.25, 0.3) is 8.53 Å². The summed E-state index contributed by atoms with van der Waals surface area (Å²) < 4.78 is 62.6. The second kappa shape index (κ2) is 9.93. The van der Waals surface area contributed by atoms with Crippen LogP contribution in [0.3, 0.4) is 0 Å². The summed E-state index contributed by atoms with van der Waals surface area (Å²) in [6, 6.07) is 20.0. The van der Waals surface area contributed by atoms with Crippen molar-refractivity contribution in [2.75, 3.05) is 38.0 Å². The molecule has 0 unspecified atom stereocenters. The molecule has 0 aliphatic rings. The van der Waals surface area contributed by atoms with E-state index in [4.69, 9.17) is 13.4 Å². The maximum absolute atomic E-state index is 13.1. The summed E-state index contributed by atoms with van der Waals surface area (Å²) in [6.07, 6.45) is 0. The molecule has 4 rings (SSSR count). The van der Waals surface area contributed by atoms with E-state index in [1.807, 2.05) is 50.1 Å². The van der Waals surface area contributed by atoms with Crippen LogP contribution in [0.15, 0.2) is 82.6 Å². The summed E-state index contributed by atoms with van der Waals surface area (Å²) >= 11 is 0. The Morgan fingerprint density at radius 2 is 0.917 bits per heavy atom. The smallest absolute Gasteiger partial charge is 0.303 e. The monoisotopic (exact) mass is 547 g/mol. The minimum absolute atomic E-state index is 0.136. The normalized spacial score (nSPS) is 12.4. The minimum Gasteiger partial charge on any atom is -0.377 e. The average Bonchev–Trinajstić information content (AvgIpc) is 2.81. The molecule has 0 radical (unpaired) electrons. The Balaban J connectivity index is 1.66. The van der Waals surface area contributed by atoms with E-state index in [0.717, 1.165) is 11.4 Å². The van der Waals surface area contributed by atoms with E-state index in [1.54, 1.807) is 48.5 Å². The average molecular weight is 548 g/mol. The Morgan fingerprint density at radius 1 is 0.583 bits per heavy atom. The van der Waals surface area contributed by atoms with E-state index >= 15 is 0 Å². The molecule has 0 spiro atoms. The number of hydrogen-bond acceptors (Lipinski definition) is 9. The summed E-state index contributed by atoms with van der Waals surface area (Å²) in [5.41, 5.74) is 7.43. The lowest BCUT2D eigenvalue weighted by Gasteiger charge is -2.18. The van der Waals surface area contributed by atoms with Gasteiger partial charge < -0.3 is 9.80 Å². The van der Waals surface area contributed by atoms with Crippen molar-refractivity contribution < 1.29 is 24.8 Å². The summed E-state index contributed by atoms with van der Waals surface area (Å²) in [5, 5.41) is 2.21. The number of nitrogens with zero attached hydrogens (tertiary/aromatic N) is 2. The maximum atomic E-state index is 13.1. The minimum atomic E-state index is -4.45. The molecule has 12 heteroatoms. The molecule has 0 aliphatic carbocycles. The lowest BCUT2D eigenvalue weighted by molar-refractivity contribution is 0.451. The third kappa shape index (κ3) is 5.04. The zero-order chi connectivity index (χ0) is 26.3. The SMILES string of the molecule is CN(C)c1cccc2c(S(=O)(=O)OP(N)OS(=O)(=O)c3cccc4c(N(C)C)cccc34)cccc12. The van der Waals surface area contributed by atoms with E-state index in [1.165, 1.54) is 12.1 Å². The Hall–Kier alpha value is -2.79. The van der Waals surface area contributed by atoms with Crippen LogP contribution in [0.5, 0.6) is 0 Å². The molecule has 4 aromatic carbocycles. The number of rotatable bonds is 8. The van der Waals surface area contributed by atoms with Gasteiger partial charge in [-0.3, -0.25) is 5.50 Å². The van der Waals surface area contributed by atoms with Crippen molar-refractivity contribution in [1.82, 2.24) is 0 Å². The second-order valence-electron chi connectivity index (χ2n) is 8.39. The highest BCUT2D eigenvalue weighted by molar-refractivity contribution is 7.94. The van der Waals surface area contributed by atoms with Crippen LogP contribution in [-0.2, 0) is 28.2 Å². The quantitative estimate of drug-likeness (QED) is 0.320. The molecule has 0 saturated heterocycles. The standard InChI is InChI=1S/C24H26N3O6PS2/c1-26(2)21-13-5-11-19-17(21)9-7-15-23(19)35(28,29)32-34(25)33-36(30,31)24-16-8-10-18-20(24)12-6-14-22(18)27(3)4/h5-16H,25H2,1-4H3. The molecule has 0 atom stereocenters. The molecule has 2 N–H and O–H groups in total. The third-order valence-corrected chi connectivity index (χ3v) is 10.1. The highest BCUT2D eigenvalue weighted by atomic mass is 32.2. The van der Waals surface area contributed by atoms with E-state index in [-0.39, 0.29) is 9.79 Å². The van der Waals surface area contributed by atoms with Crippen molar-refractivity contribution in [3.63, 3.8) is 0 Å². The van der Waals surface area contributed by atoms with Crippen LogP contribution in [0.2, 0.25) is 0 Å². The molecule has 0 bridgehead atoms. The predicted octanol–water partition coefficient (Wildman–Crippen LogP) is 4.42. The van der Waals surface area contributed by atoms with Gasteiger partial charge in [-0.15, -0.1) is 0 Å². The zero-order valence-corrected chi connectivity index (χ0v) is 22.6. The third-order valence-electron chi connectivity index (χ3n) is 5.56. The van der Waals surface area contributed by atoms with Gasteiger partial charge in [-0.25, -0.2) is 0 Å². The Labute approximate surface area is 212 Å². The fourth-order valence-electron chi connectivity index (χ4n) is 4.03. The van der Waals surface area contributed by atoms with Crippen LogP contribution >= 0.6 is 8.53 Å². The van der Waals surface area contributed by atoms with Crippen molar-refractivity contribution in [2.45, 2.75) is 9.79 Å². The van der Waals surface area contributed by atoms with Gasteiger partial charge in [-0.2, -0.15) is 24.8 Å². The highest BCUT2D eigenvalue weighted by Crippen LogP contribution is 2.41. The first kappa shape index (κ1) is 26.3. The number of nitrogens with two attached hydrogens (primary N) is 1. The van der Waals surface area contributed by atoms with Crippen molar-refractivity contribution >= 4 is 61.7 Å². The second-order valence-corrected chi connectivity index (χ2v) is 12.8. The van der Waals surface area contributed by atoms with E-state index < -0.39 is 28.8 Å². The van der Waals surface area contributed by atoms with Crippen LogP contribution in [0.25, 0.3) is 21.5 Å². The molecular formula is C24H26N3O6PS2. The zero-order valence-electron chi connectivity index (χ0n) is 20.1. The van der Waals surface area contributed by atoms with Crippen LogP contribution in [0.1, 0.15) is 0 Å². The molecular weight excluding hydrogens is 521 g/mol. The molecule has 0 fully saturated rings. The molecule has 0 aromatic heterocycles. The van der Waals surface area contributed by atoms with Gasteiger partial charge in [-0.1, -0.05) is 48.5 Å². The molecule has 0 heterocycles. The molecule has 4 aromatic rings. The first-order valence-corrected chi connectivity index (χ1v) is 14.8. The molecule has 0 amide bonds. The lowest BCUT2D eigenvalue weighted by atomic mass is 10.1. The Bertz CT molecular complexity index is 1530. The van der Waals surface area contributed by atoms with Crippen molar-refractivity contribution in [3.05, 3.63) is 72.8 Å². The lowest BCUT2D eigenvalue weighted by Crippen LogP contribution is -2.13. The first-order valence-electron chi connectivity index (χ1n) is 10.7. The fraction of sp³-hybridized carbons (Fsp3) is 0.167. The van der Waals surface area contributed by atoms with E-state index in [0.29, 0.717) is 21.5 Å². The predicted molar refractivity (Wildman–Crippen MR) is 144 cm³/mol. The largest absolute Gasteiger partial charge is 0.377 e.